The van der Waals surface area contributed by atoms with Crippen molar-refractivity contribution in [3.8, 4) is 0 Å². The van der Waals surface area contributed by atoms with Gasteiger partial charge >= 0.3 is 5.97 Å². The standard InChI is InChI=1S/C18H26O5/c1-11(2)5-4-6-12(3)7-16-18(10-17(22)23-16)9-14(20)13(19)8-15(18)21/h5,7,13-14,16,19-20H,4,6,8-10H2,1-3H3/b12-7+/t13-,14-,16+,18-/m0/s1. The smallest absolute Gasteiger partial charge is 0.307 e. The number of hydrogen-bond acceptors (Lipinski definition) is 5. The molecule has 5 heteroatoms. The molecule has 0 aromatic carbocycles. The van der Waals surface area contributed by atoms with Gasteiger partial charge in [-0.1, -0.05) is 17.2 Å². The first-order chi connectivity index (χ1) is 10.7. The topological polar surface area (TPSA) is 83.8 Å². The molecule has 0 unspecified atom stereocenters. The first-order valence-electron chi connectivity index (χ1n) is 8.14. The summed E-state index contributed by atoms with van der Waals surface area (Å²) in [5.74, 6) is -0.611. The Kier molecular flexibility index (Phi) is 5.42. The molecule has 1 heterocycles. The summed E-state index contributed by atoms with van der Waals surface area (Å²) in [5, 5.41) is 19.6. The third-order valence-electron chi connectivity index (χ3n) is 4.76. The molecule has 0 aromatic heterocycles. The highest BCUT2D eigenvalue weighted by atomic mass is 16.6. The van der Waals surface area contributed by atoms with Gasteiger partial charge in [-0.2, -0.15) is 0 Å². The molecule has 1 aliphatic heterocycles. The van der Waals surface area contributed by atoms with E-state index in [4.69, 9.17) is 4.74 Å². The van der Waals surface area contributed by atoms with Crippen LogP contribution in [0.15, 0.2) is 23.3 Å². The molecule has 0 aromatic rings. The van der Waals surface area contributed by atoms with E-state index in [0.29, 0.717) is 0 Å². The van der Waals surface area contributed by atoms with Crippen molar-refractivity contribution in [1.82, 2.24) is 0 Å². The predicted octanol–water partition coefficient (Wildman–Crippen LogP) is 2.07. The molecule has 4 atom stereocenters. The SMILES string of the molecule is CC(C)=CCC/C(C)=C/[C@H]1OC(=O)C[C@]12C[C@H](O)[C@@H](O)CC2=O. The molecule has 23 heavy (non-hydrogen) atoms. The Balaban J connectivity index is 2.17. The van der Waals surface area contributed by atoms with E-state index in [9.17, 15) is 19.8 Å². The van der Waals surface area contributed by atoms with Gasteiger partial charge in [0.1, 0.15) is 11.9 Å². The van der Waals surface area contributed by atoms with Crippen LogP contribution >= 0.6 is 0 Å². The van der Waals surface area contributed by atoms with Crippen LogP contribution in [-0.4, -0.2) is 40.3 Å². The molecule has 2 N–H and O–H groups in total. The average Bonchev–Trinajstić information content (AvgIpc) is 2.73. The van der Waals surface area contributed by atoms with Gasteiger partial charge in [0.15, 0.2) is 0 Å². The number of carbonyl (C=O) groups is 2. The van der Waals surface area contributed by atoms with Crippen molar-refractivity contribution in [1.29, 1.82) is 0 Å². The summed E-state index contributed by atoms with van der Waals surface area (Å²) in [5.41, 5.74) is 1.28. The zero-order valence-electron chi connectivity index (χ0n) is 14.0. The summed E-state index contributed by atoms with van der Waals surface area (Å²) < 4.78 is 5.36. The molecule has 5 nitrogen and oxygen atoms in total. The van der Waals surface area contributed by atoms with Gasteiger partial charge in [-0.15, -0.1) is 0 Å². The fourth-order valence-electron chi connectivity index (χ4n) is 3.38. The zero-order chi connectivity index (χ0) is 17.2. The molecule has 1 aliphatic carbocycles. The van der Waals surface area contributed by atoms with E-state index >= 15 is 0 Å². The van der Waals surface area contributed by atoms with Gasteiger partial charge in [0.25, 0.3) is 0 Å². The van der Waals surface area contributed by atoms with E-state index < -0.39 is 29.7 Å². The van der Waals surface area contributed by atoms with Crippen LogP contribution < -0.4 is 0 Å². The van der Waals surface area contributed by atoms with Crippen molar-refractivity contribution in [2.45, 2.75) is 71.2 Å². The van der Waals surface area contributed by atoms with Crippen LogP contribution in [0, 0.1) is 5.41 Å². The Morgan fingerprint density at radius 1 is 1.26 bits per heavy atom. The Bertz CT molecular complexity index is 544. The number of hydrogen-bond donors (Lipinski definition) is 2. The number of aliphatic hydroxyl groups excluding tert-OH is 2. The fourth-order valence-corrected chi connectivity index (χ4v) is 3.38. The molecule has 1 saturated heterocycles. The van der Waals surface area contributed by atoms with Crippen LogP contribution in [0.5, 0.6) is 0 Å². The summed E-state index contributed by atoms with van der Waals surface area (Å²) >= 11 is 0. The van der Waals surface area contributed by atoms with Crippen LogP contribution in [0.25, 0.3) is 0 Å². The van der Waals surface area contributed by atoms with Gasteiger partial charge in [0.2, 0.25) is 0 Å². The van der Waals surface area contributed by atoms with E-state index in [1.807, 2.05) is 26.8 Å². The zero-order valence-corrected chi connectivity index (χ0v) is 14.0. The van der Waals surface area contributed by atoms with Crippen LogP contribution in [-0.2, 0) is 14.3 Å². The number of aliphatic hydroxyl groups is 2. The first kappa shape index (κ1) is 17.9. The highest BCUT2D eigenvalue weighted by molar-refractivity contribution is 5.93. The second-order valence-electron chi connectivity index (χ2n) is 7.04. The van der Waals surface area contributed by atoms with Crippen LogP contribution in [0.1, 0.15) is 52.9 Å². The Morgan fingerprint density at radius 3 is 2.61 bits per heavy atom. The Hall–Kier alpha value is -1.46. The molecular formula is C18H26O5. The van der Waals surface area contributed by atoms with E-state index in [0.717, 1.165) is 18.4 Å². The number of rotatable bonds is 4. The van der Waals surface area contributed by atoms with Gasteiger partial charge < -0.3 is 14.9 Å². The first-order valence-corrected chi connectivity index (χ1v) is 8.14. The number of esters is 1. The third-order valence-corrected chi connectivity index (χ3v) is 4.76. The molecular weight excluding hydrogens is 296 g/mol. The number of carbonyl (C=O) groups excluding carboxylic acids is 2. The van der Waals surface area contributed by atoms with Crippen LogP contribution in [0.2, 0.25) is 0 Å². The molecule has 0 bridgehead atoms. The summed E-state index contributed by atoms with van der Waals surface area (Å²) in [7, 11) is 0. The summed E-state index contributed by atoms with van der Waals surface area (Å²) in [4.78, 5) is 24.3. The normalized spacial score (nSPS) is 34.7. The highest BCUT2D eigenvalue weighted by Crippen LogP contribution is 2.46. The second kappa shape index (κ2) is 6.97. The van der Waals surface area contributed by atoms with Gasteiger partial charge in [-0.05, 0) is 46.1 Å². The van der Waals surface area contributed by atoms with Gasteiger partial charge in [-0.25, -0.2) is 0 Å². The van der Waals surface area contributed by atoms with Gasteiger partial charge in [0.05, 0.1) is 24.0 Å². The molecule has 0 radical (unpaired) electrons. The lowest BCUT2D eigenvalue weighted by Crippen LogP contribution is -2.50. The quantitative estimate of drug-likeness (QED) is 0.611. The summed E-state index contributed by atoms with van der Waals surface area (Å²) in [6, 6.07) is 0. The van der Waals surface area contributed by atoms with E-state index in [1.165, 1.54) is 5.57 Å². The van der Waals surface area contributed by atoms with Crippen LogP contribution in [0.3, 0.4) is 0 Å². The van der Waals surface area contributed by atoms with Crippen molar-refractivity contribution < 1.29 is 24.5 Å². The van der Waals surface area contributed by atoms with Gasteiger partial charge in [-0.3, -0.25) is 9.59 Å². The summed E-state index contributed by atoms with van der Waals surface area (Å²) in [6.45, 7) is 6.04. The van der Waals surface area contributed by atoms with Crippen molar-refractivity contribution in [3.05, 3.63) is 23.3 Å². The maximum atomic E-state index is 12.5. The number of Topliss-reactive ketones (excluding diaryl/α,β-unsaturated/α-hetero) is 1. The molecule has 2 rings (SSSR count). The second-order valence-corrected chi connectivity index (χ2v) is 7.04. The lowest BCUT2D eigenvalue weighted by Gasteiger charge is -2.38. The van der Waals surface area contributed by atoms with Crippen molar-refractivity contribution in [2.75, 3.05) is 0 Å². The molecule has 0 amide bonds. The average molecular weight is 322 g/mol. The maximum absolute atomic E-state index is 12.5. The lowest BCUT2D eigenvalue weighted by atomic mass is 9.66. The Labute approximate surface area is 137 Å². The largest absolute Gasteiger partial charge is 0.457 e. The van der Waals surface area contributed by atoms with Gasteiger partial charge in [0, 0.05) is 6.42 Å². The van der Waals surface area contributed by atoms with Crippen molar-refractivity contribution in [3.63, 3.8) is 0 Å². The summed E-state index contributed by atoms with van der Waals surface area (Å²) in [6.07, 6.45) is 2.94. The minimum Gasteiger partial charge on any atom is -0.457 e. The van der Waals surface area contributed by atoms with E-state index in [1.54, 1.807) is 0 Å². The number of cyclic esters (lactones) is 1. The molecule has 128 valence electrons. The van der Waals surface area contributed by atoms with Crippen LogP contribution in [0.4, 0.5) is 0 Å². The lowest BCUT2D eigenvalue weighted by molar-refractivity contribution is -0.146. The molecule has 2 fully saturated rings. The Morgan fingerprint density at radius 2 is 1.96 bits per heavy atom. The number of ketones is 1. The van der Waals surface area contributed by atoms with Crippen molar-refractivity contribution >= 4 is 11.8 Å². The third kappa shape index (κ3) is 3.90. The fraction of sp³-hybridized carbons (Fsp3) is 0.667. The molecule has 2 aliphatic rings. The molecule has 1 spiro atoms. The number of ether oxygens (including phenoxy) is 1. The predicted molar refractivity (Wildman–Crippen MR) is 85.6 cm³/mol. The number of allylic oxidation sites excluding steroid dienone is 3. The highest BCUT2D eigenvalue weighted by Gasteiger charge is 2.57. The van der Waals surface area contributed by atoms with E-state index in [2.05, 4.69) is 6.08 Å². The minimum atomic E-state index is -1.05. The van der Waals surface area contributed by atoms with Crippen molar-refractivity contribution in [2.24, 2.45) is 5.41 Å². The maximum Gasteiger partial charge on any atom is 0.307 e. The van der Waals surface area contributed by atoms with E-state index in [-0.39, 0.29) is 25.0 Å². The minimum absolute atomic E-state index is 0.0158. The monoisotopic (exact) mass is 322 g/mol. The molecule has 1 saturated carbocycles.